The molecule has 0 bridgehead atoms. The third-order valence-corrected chi connectivity index (χ3v) is 4.19. The summed E-state index contributed by atoms with van der Waals surface area (Å²) in [5.41, 5.74) is 3.53. The van der Waals surface area contributed by atoms with Gasteiger partial charge in [-0.3, -0.25) is 4.90 Å². The Labute approximate surface area is 112 Å². The Balaban J connectivity index is 1.86. The topological polar surface area (TPSA) is 29.0 Å². The minimum atomic E-state index is 0.499. The summed E-state index contributed by atoms with van der Waals surface area (Å²) in [6.45, 7) is 4.75. The molecular weight excluding hydrogens is 242 g/mol. The van der Waals surface area contributed by atoms with Crippen molar-refractivity contribution in [3.05, 3.63) is 36.0 Å². The smallest absolute Gasteiger partial charge is 0.104 e. The molecule has 18 heavy (non-hydrogen) atoms. The second-order valence-corrected chi connectivity index (χ2v) is 5.39. The van der Waals surface area contributed by atoms with E-state index in [1.807, 2.05) is 6.20 Å². The molecule has 3 nitrogen and oxygen atoms in total. The Morgan fingerprint density at radius 2 is 2.11 bits per heavy atom. The maximum atomic E-state index is 4.30. The Kier molecular flexibility index (Phi) is 3.39. The molecule has 2 heterocycles. The zero-order valence-corrected chi connectivity index (χ0v) is 11.4. The highest BCUT2D eigenvalue weighted by atomic mass is 32.1. The minimum Gasteiger partial charge on any atom is -0.297 e. The number of aromatic nitrogens is 2. The molecule has 1 aliphatic rings. The predicted octanol–water partition coefficient (Wildman–Crippen LogP) is 3.36. The molecule has 1 aliphatic heterocycles. The molecule has 94 valence electrons. The number of likely N-dealkylation sites (tertiary alicyclic amines) is 1. The van der Waals surface area contributed by atoms with Gasteiger partial charge in [-0.25, -0.2) is 0 Å². The van der Waals surface area contributed by atoms with Crippen molar-refractivity contribution in [1.29, 1.82) is 0 Å². The van der Waals surface area contributed by atoms with Gasteiger partial charge in [-0.2, -0.15) is 8.75 Å². The van der Waals surface area contributed by atoms with Crippen LogP contribution in [0.2, 0.25) is 0 Å². The van der Waals surface area contributed by atoms with Crippen molar-refractivity contribution in [2.75, 3.05) is 13.1 Å². The fourth-order valence-corrected chi connectivity index (χ4v) is 3.02. The fourth-order valence-electron chi connectivity index (χ4n) is 2.59. The van der Waals surface area contributed by atoms with Crippen molar-refractivity contribution in [3.63, 3.8) is 0 Å². The Bertz CT molecular complexity index is 504. The summed E-state index contributed by atoms with van der Waals surface area (Å²) in [7, 11) is 0. The molecule has 3 rings (SSSR count). The standard InChI is InChI=1S/C14H17N3S/c1-11(17-7-2-3-8-17)12-5-4-6-13(9-12)14-10-15-18-16-14/h4-6,9-11H,2-3,7-8H2,1H3. The van der Waals surface area contributed by atoms with Crippen LogP contribution < -0.4 is 0 Å². The first kappa shape index (κ1) is 11.8. The van der Waals surface area contributed by atoms with Crippen molar-refractivity contribution in [3.8, 4) is 11.3 Å². The maximum Gasteiger partial charge on any atom is 0.104 e. The zero-order valence-electron chi connectivity index (χ0n) is 10.5. The highest BCUT2D eigenvalue weighted by Crippen LogP contribution is 2.27. The molecule has 4 heteroatoms. The van der Waals surface area contributed by atoms with Crippen LogP contribution in [0.3, 0.4) is 0 Å². The van der Waals surface area contributed by atoms with E-state index in [0.717, 1.165) is 5.69 Å². The van der Waals surface area contributed by atoms with Gasteiger partial charge in [0.1, 0.15) is 5.69 Å². The molecule has 1 fully saturated rings. The SMILES string of the molecule is CC(c1cccc(-c2cnsn2)c1)N1CCCC1. The van der Waals surface area contributed by atoms with Gasteiger partial charge in [0, 0.05) is 11.6 Å². The second-order valence-electron chi connectivity index (χ2n) is 4.84. The van der Waals surface area contributed by atoms with Gasteiger partial charge in [-0.1, -0.05) is 18.2 Å². The summed E-state index contributed by atoms with van der Waals surface area (Å²) < 4.78 is 8.37. The molecule has 0 saturated carbocycles. The van der Waals surface area contributed by atoms with Crippen LogP contribution in [0, 0.1) is 0 Å². The van der Waals surface area contributed by atoms with Crippen LogP contribution in [0.5, 0.6) is 0 Å². The van der Waals surface area contributed by atoms with Gasteiger partial charge in [0.25, 0.3) is 0 Å². The van der Waals surface area contributed by atoms with E-state index in [4.69, 9.17) is 0 Å². The van der Waals surface area contributed by atoms with Gasteiger partial charge in [-0.15, -0.1) is 0 Å². The lowest BCUT2D eigenvalue weighted by Gasteiger charge is -2.24. The number of hydrogen-bond donors (Lipinski definition) is 0. The first-order valence-corrected chi connectivity index (χ1v) is 7.19. The van der Waals surface area contributed by atoms with E-state index in [1.165, 1.54) is 48.8 Å². The van der Waals surface area contributed by atoms with Gasteiger partial charge in [0.15, 0.2) is 0 Å². The maximum absolute atomic E-state index is 4.30. The molecule has 2 aromatic rings. The first-order chi connectivity index (χ1) is 8.84. The number of nitrogens with zero attached hydrogens (tertiary/aromatic N) is 3. The highest BCUT2D eigenvalue weighted by Gasteiger charge is 2.19. The molecule has 1 aromatic carbocycles. The van der Waals surface area contributed by atoms with Gasteiger partial charge < -0.3 is 0 Å². The summed E-state index contributed by atoms with van der Waals surface area (Å²) in [4.78, 5) is 2.55. The lowest BCUT2D eigenvalue weighted by Crippen LogP contribution is -2.23. The number of benzene rings is 1. The van der Waals surface area contributed by atoms with E-state index in [0.29, 0.717) is 6.04 Å². The van der Waals surface area contributed by atoms with Crippen LogP contribution in [0.4, 0.5) is 0 Å². The van der Waals surface area contributed by atoms with Gasteiger partial charge in [0.2, 0.25) is 0 Å². The van der Waals surface area contributed by atoms with Crippen LogP contribution in [0.25, 0.3) is 11.3 Å². The second kappa shape index (κ2) is 5.16. The lowest BCUT2D eigenvalue weighted by molar-refractivity contribution is 0.263. The molecule has 0 spiro atoms. The molecule has 1 unspecified atom stereocenters. The van der Waals surface area contributed by atoms with Crippen LogP contribution >= 0.6 is 11.7 Å². The Morgan fingerprint density at radius 1 is 1.28 bits per heavy atom. The molecule has 0 amide bonds. The van der Waals surface area contributed by atoms with Crippen molar-refractivity contribution >= 4 is 11.7 Å². The fraction of sp³-hybridized carbons (Fsp3) is 0.429. The van der Waals surface area contributed by atoms with Crippen LogP contribution in [-0.2, 0) is 0 Å². The number of hydrogen-bond acceptors (Lipinski definition) is 4. The van der Waals surface area contributed by atoms with Crippen LogP contribution in [0.15, 0.2) is 30.5 Å². The van der Waals surface area contributed by atoms with E-state index in [-0.39, 0.29) is 0 Å². The van der Waals surface area contributed by atoms with Gasteiger partial charge in [-0.05, 0) is 44.5 Å². The molecular formula is C14H17N3S. The normalized spacial score (nSPS) is 18.1. The minimum absolute atomic E-state index is 0.499. The summed E-state index contributed by atoms with van der Waals surface area (Å²) in [6.07, 6.45) is 4.50. The van der Waals surface area contributed by atoms with E-state index >= 15 is 0 Å². The highest BCUT2D eigenvalue weighted by molar-refractivity contribution is 6.99. The average Bonchev–Trinajstić information content (AvgIpc) is 3.11. The molecule has 0 radical (unpaired) electrons. The van der Waals surface area contributed by atoms with E-state index in [9.17, 15) is 0 Å². The summed E-state index contributed by atoms with van der Waals surface area (Å²) in [5.74, 6) is 0. The summed E-state index contributed by atoms with van der Waals surface area (Å²) >= 11 is 1.26. The summed E-state index contributed by atoms with van der Waals surface area (Å²) in [6, 6.07) is 9.19. The molecule has 1 atom stereocenters. The van der Waals surface area contributed by atoms with E-state index in [1.54, 1.807) is 0 Å². The van der Waals surface area contributed by atoms with Crippen molar-refractivity contribution < 1.29 is 0 Å². The Morgan fingerprint density at radius 3 is 2.83 bits per heavy atom. The number of rotatable bonds is 3. The predicted molar refractivity (Wildman–Crippen MR) is 74.6 cm³/mol. The van der Waals surface area contributed by atoms with Gasteiger partial charge in [0.05, 0.1) is 17.9 Å². The third-order valence-electron chi connectivity index (χ3n) is 3.71. The summed E-state index contributed by atoms with van der Waals surface area (Å²) in [5, 5.41) is 0. The van der Waals surface area contributed by atoms with Crippen molar-refractivity contribution in [2.45, 2.75) is 25.8 Å². The molecule has 1 aromatic heterocycles. The molecule has 0 N–H and O–H groups in total. The van der Waals surface area contributed by atoms with Crippen LogP contribution in [-0.4, -0.2) is 26.7 Å². The van der Waals surface area contributed by atoms with Gasteiger partial charge >= 0.3 is 0 Å². The largest absolute Gasteiger partial charge is 0.297 e. The quantitative estimate of drug-likeness (QED) is 0.846. The van der Waals surface area contributed by atoms with Crippen molar-refractivity contribution in [1.82, 2.24) is 13.6 Å². The Hall–Kier alpha value is -1.26. The van der Waals surface area contributed by atoms with E-state index < -0.39 is 0 Å². The average molecular weight is 259 g/mol. The monoisotopic (exact) mass is 259 g/mol. The lowest BCUT2D eigenvalue weighted by atomic mass is 10.0. The van der Waals surface area contributed by atoms with Crippen LogP contribution in [0.1, 0.15) is 31.4 Å². The molecule has 1 saturated heterocycles. The van der Waals surface area contributed by atoms with Crippen molar-refractivity contribution in [2.24, 2.45) is 0 Å². The first-order valence-electron chi connectivity index (χ1n) is 6.46. The van der Waals surface area contributed by atoms with E-state index in [2.05, 4.69) is 44.8 Å². The zero-order chi connectivity index (χ0) is 12.4. The third kappa shape index (κ3) is 2.31. The molecule has 0 aliphatic carbocycles.